The van der Waals surface area contributed by atoms with Crippen LogP contribution >= 0.6 is 0 Å². The number of aromatic nitrogens is 2. The summed E-state index contributed by atoms with van der Waals surface area (Å²) in [6.45, 7) is 1.82. The summed E-state index contributed by atoms with van der Waals surface area (Å²) in [5, 5.41) is 2.28. The van der Waals surface area contributed by atoms with Crippen molar-refractivity contribution in [2.24, 2.45) is 0 Å². The van der Waals surface area contributed by atoms with E-state index in [1.54, 1.807) is 6.92 Å². The number of rotatable bonds is 2. The summed E-state index contributed by atoms with van der Waals surface area (Å²) in [6.07, 6.45) is -5.15. The van der Waals surface area contributed by atoms with Gasteiger partial charge in [-0.05, 0) is 25.1 Å². The maximum absolute atomic E-state index is 12.5. The van der Waals surface area contributed by atoms with Crippen molar-refractivity contribution < 1.29 is 22.7 Å². The molecular formula is C11H10F3N3O2. The maximum Gasteiger partial charge on any atom is 0.416 e. The van der Waals surface area contributed by atoms with Gasteiger partial charge in [0.1, 0.15) is 0 Å². The number of halogens is 3. The first kappa shape index (κ1) is 13.2. The van der Waals surface area contributed by atoms with E-state index in [0.29, 0.717) is 5.52 Å². The number of benzene rings is 1. The van der Waals surface area contributed by atoms with E-state index in [4.69, 9.17) is 0 Å². The Labute approximate surface area is 105 Å². The second-order valence-electron chi connectivity index (χ2n) is 3.66. The molecule has 0 bridgehead atoms. The van der Waals surface area contributed by atoms with Crippen molar-refractivity contribution in [2.75, 3.05) is 11.9 Å². The Balaban J connectivity index is 2.28. The van der Waals surface area contributed by atoms with Crippen molar-refractivity contribution in [3.63, 3.8) is 0 Å². The number of H-pyrrole nitrogens is 1. The summed E-state index contributed by atoms with van der Waals surface area (Å²) < 4.78 is 42.2. The van der Waals surface area contributed by atoms with Crippen LogP contribution in [0.4, 0.5) is 23.9 Å². The molecule has 19 heavy (non-hydrogen) atoms. The summed E-state index contributed by atoms with van der Waals surface area (Å²) in [4.78, 5) is 17.6. The lowest BCUT2D eigenvalue weighted by Gasteiger charge is -2.05. The smallest absolute Gasteiger partial charge is 0.416 e. The minimum atomic E-state index is -4.42. The fourth-order valence-corrected chi connectivity index (χ4v) is 1.51. The molecule has 2 aromatic rings. The Morgan fingerprint density at radius 3 is 2.84 bits per heavy atom. The molecule has 2 N–H and O–H groups in total. The molecule has 0 fully saturated rings. The number of nitrogens with zero attached hydrogens (tertiary/aromatic N) is 1. The van der Waals surface area contributed by atoms with Crippen LogP contribution in [-0.2, 0) is 10.9 Å². The summed E-state index contributed by atoms with van der Waals surface area (Å²) in [5.41, 5.74) is -0.284. The number of ether oxygens (including phenoxy) is 1. The molecule has 8 heteroatoms. The third-order valence-electron chi connectivity index (χ3n) is 2.31. The molecule has 0 spiro atoms. The molecule has 0 aliphatic heterocycles. The lowest BCUT2D eigenvalue weighted by atomic mass is 10.2. The van der Waals surface area contributed by atoms with E-state index in [0.717, 1.165) is 12.1 Å². The van der Waals surface area contributed by atoms with Crippen molar-refractivity contribution in [3.8, 4) is 0 Å². The first-order chi connectivity index (χ1) is 8.90. The van der Waals surface area contributed by atoms with Crippen LogP contribution in [0.15, 0.2) is 18.2 Å². The molecule has 0 radical (unpaired) electrons. The van der Waals surface area contributed by atoms with Gasteiger partial charge in [-0.3, -0.25) is 5.32 Å². The van der Waals surface area contributed by atoms with Crippen molar-refractivity contribution in [1.29, 1.82) is 0 Å². The largest absolute Gasteiger partial charge is 0.450 e. The van der Waals surface area contributed by atoms with E-state index >= 15 is 0 Å². The zero-order chi connectivity index (χ0) is 14.0. The van der Waals surface area contributed by atoms with Gasteiger partial charge >= 0.3 is 12.3 Å². The van der Waals surface area contributed by atoms with Crippen LogP contribution < -0.4 is 5.32 Å². The molecule has 0 saturated heterocycles. The number of hydrogen-bond acceptors (Lipinski definition) is 3. The topological polar surface area (TPSA) is 67.0 Å². The number of hydrogen-bond donors (Lipinski definition) is 2. The van der Waals surface area contributed by atoms with Gasteiger partial charge in [0, 0.05) is 0 Å². The zero-order valence-electron chi connectivity index (χ0n) is 9.84. The molecule has 1 aromatic heterocycles. The average Bonchev–Trinajstić information content (AvgIpc) is 2.68. The van der Waals surface area contributed by atoms with E-state index in [1.807, 2.05) is 0 Å². The lowest BCUT2D eigenvalue weighted by Crippen LogP contribution is -2.14. The molecule has 5 nitrogen and oxygen atoms in total. The standard InChI is InChI=1S/C11H10F3N3O2/c1-2-19-10(18)17-9-15-7-4-3-6(11(12,13)14)5-8(7)16-9/h3-5H,2H2,1H3,(H2,15,16,17,18). The highest BCUT2D eigenvalue weighted by Crippen LogP contribution is 2.31. The molecule has 1 heterocycles. The SMILES string of the molecule is CCOC(=O)Nc1nc2ccc(C(F)(F)F)cc2[nH]1. The van der Waals surface area contributed by atoms with Gasteiger partial charge in [-0.1, -0.05) is 0 Å². The maximum atomic E-state index is 12.5. The summed E-state index contributed by atoms with van der Waals surface area (Å²) in [7, 11) is 0. The van der Waals surface area contributed by atoms with Crippen molar-refractivity contribution in [1.82, 2.24) is 9.97 Å². The summed E-state index contributed by atoms with van der Waals surface area (Å²) >= 11 is 0. The number of anilines is 1. The van der Waals surface area contributed by atoms with Gasteiger partial charge in [0.05, 0.1) is 23.2 Å². The second kappa shape index (κ2) is 4.79. The van der Waals surface area contributed by atoms with E-state index in [1.165, 1.54) is 6.07 Å². The van der Waals surface area contributed by atoms with Gasteiger partial charge < -0.3 is 9.72 Å². The van der Waals surface area contributed by atoms with Gasteiger partial charge in [0.15, 0.2) is 0 Å². The van der Waals surface area contributed by atoms with E-state index in [-0.39, 0.29) is 18.1 Å². The summed E-state index contributed by atoms with van der Waals surface area (Å²) in [5.74, 6) is 0.0350. The number of imidazole rings is 1. The number of nitrogens with one attached hydrogen (secondary N) is 2. The first-order valence-corrected chi connectivity index (χ1v) is 5.41. The predicted octanol–water partition coefficient (Wildman–Crippen LogP) is 3.15. The highest BCUT2D eigenvalue weighted by Gasteiger charge is 2.30. The Morgan fingerprint density at radius 1 is 1.47 bits per heavy atom. The van der Waals surface area contributed by atoms with Gasteiger partial charge in [-0.25, -0.2) is 9.78 Å². The Bertz CT molecular complexity index is 607. The zero-order valence-corrected chi connectivity index (χ0v) is 9.84. The number of fused-ring (bicyclic) bond motifs is 1. The predicted molar refractivity (Wildman–Crippen MR) is 61.7 cm³/mol. The van der Waals surface area contributed by atoms with Gasteiger partial charge in [0.2, 0.25) is 5.95 Å². The number of carbonyl (C=O) groups is 1. The third kappa shape index (κ3) is 2.95. The van der Waals surface area contributed by atoms with Crippen LogP contribution in [0.3, 0.4) is 0 Å². The quantitative estimate of drug-likeness (QED) is 0.883. The van der Waals surface area contributed by atoms with E-state index < -0.39 is 17.8 Å². The molecule has 0 aliphatic carbocycles. The highest BCUT2D eigenvalue weighted by atomic mass is 19.4. The van der Waals surface area contributed by atoms with E-state index in [2.05, 4.69) is 20.0 Å². The van der Waals surface area contributed by atoms with Crippen LogP contribution in [0.25, 0.3) is 11.0 Å². The lowest BCUT2D eigenvalue weighted by molar-refractivity contribution is -0.137. The van der Waals surface area contributed by atoms with Crippen LogP contribution in [0, 0.1) is 0 Å². The second-order valence-corrected chi connectivity index (χ2v) is 3.66. The minimum absolute atomic E-state index is 0.0350. The molecule has 1 amide bonds. The molecule has 0 aliphatic rings. The van der Waals surface area contributed by atoms with Crippen LogP contribution in [-0.4, -0.2) is 22.7 Å². The molecule has 1 aromatic carbocycles. The average molecular weight is 273 g/mol. The van der Waals surface area contributed by atoms with Crippen LogP contribution in [0.2, 0.25) is 0 Å². The number of carbonyl (C=O) groups excluding carboxylic acids is 1. The highest BCUT2D eigenvalue weighted by molar-refractivity contribution is 5.86. The Kier molecular flexibility index (Phi) is 3.32. The number of amides is 1. The molecule has 0 saturated carbocycles. The number of alkyl halides is 3. The molecule has 0 atom stereocenters. The van der Waals surface area contributed by atoms with Gasteiger partial charge in [-0.2, -0.15) is 13.2 Å². The molecule has 2 rings (SSSR count). The summed E-state index contributed by atoms with van der Waals surface area (Å²) in [6, 6.07) is 3.08. The monoisotopic (exact) mass is 273 g/mol. The van der Waals surface area contributed by atoms with E-state index in [9.17, 15) is 18.0 Å². The van der Waals surface area contributed by atoms with Crippen LogP contribution in [0.5, 0.6) is 0 Å². The Hall–Kier alpha value is -2.25. The first-order valence-electron chi connectivity index (χ1n) is 5.41. The minimum Gasteiger partial charge on any atom is -0.450 e. The fraction of sp³-hybridized carbons (Fsp3) is 0.273. The number of aromatic amines is 1. The van der Waals surface area contributed by atoms with Gasteiger partial charge in [-0.15, -0.1) is 0 Å². The fourth-order valence-electron chi connectivity index (χ4n) is 1.51. The normalized spacial score (nSPS) is 11.6. The molecule has 102 valence electrons. The molecular weight excluding hydrogens is 263 g/mol. The van der Waals surface area contributed by atoms with Crippen molar-refractivity contribution >= 4 is 23.1 Å². The van der Waals surface area contributed by atoms with Crippen molar-refractivity contribution in [3.05, 3.63) is 23.8 Å². The molecule has 0 unspecified atom stereocenters. The Morgan fingerprint density at radius 2 is 2.21 bits per heavy atom. The third-order valence-corrected chi connectivity index (χ3v) is 2.31. The van der Waals surface area contributed by atoms with Gasteiger partial charge in [0.25, 0.3) is 0 Å². The van der Waals surface area contributed by atoms with Crippen molar-refractivity contribution in [2.45, 2.75) is 13.1 Å². The van der Waals surface area contributed by atoms with Crippen LogP contribution in [0.1, 0.15) is 12.5 Å².